The number of anilines is 1. The number of ether oxygens (including phenoxy) is 1. The molecule has 1 aliphatic heterocycles. The number of benzene rings is 2. The number of halogens is 1. The molecular formula is C20H25BrN2O2. The molecule has 3 rings (SSSR count). The standard InChI is InChI=1S/C20H25BrN2O2/c1-20(2,3)25-19(24)23-10-4-5-18(23)13-22-17-9-7-14-11-16(21)8-6-15(14)12-17/h6-9,11-12,18,22H,4-5,10,13H2,1-3H3. The fraction of sp³-hybridized carbons (Fsp3) is 0.450. The Kier molecular flexibility index (Phi) is 5.23. The molecule has 0 bridgehead atoms. The molecule has 0 spiro atoms. The number of carbonyl (C=O) groups excluding carboxylic acids is 1. The van der Waals surface area contributed by atoms with Gasteiger partial charge in [-0.15, -0.1) is 0 Å². The van der Waals surface area contributed by atoms with Crippen molar-refractivity contribution in [1.29, 1.82) is 0 Å². The van der Waals surface area contributed by atoms with Crippen molar-refractivity contribution < 1.29 is 9.53 Å². The maximum atomic E-state index is 12.4. The van der Waals surface area contributed by atoms with Gasteiger partial charge in [-0.1, -0.05) is 28.1 Å². The van der Waals surface area contributed by atoms with Crippen LogP contribution in [0.25, 0.3) is 10.8 Å². The van der Waals surface area contributed by atoms with E-state index in [0.29, 0.717) is 0 Å². The smallest absolute Gasteiger partial charge is 0.410 e. The summed E-state index contributed by atoms with van der Waals surface area (Å²) in [6.07, 6.45) is 1.82. The molecule has 1 amide bonds. The number of carbonyl (C=O) groups is 1. The van der Waals surface area contributed by atoms with Crippen LogP contribution in [0.1, 0.15) is 33.6 Å². The summed E-state index contributed by atoms with van der Waals surface area (Å²) < 4.78 is 6.61. The molecule has 1 N–H and O–H groups in total. The van der Waals surface area contributed by atoms with E-state index in [1.807, 2.05) is 31.7 Å². The van der Waals surface area contributed by atoms with E-state index in [9.17, 15) is 4.79 Å². The number of likely N-dealkylation sites (tertiary alicyclic amines) is 1. The van der Waals surface area contributed by atoms with E-state index in [1.165, 1.54) is 10.8 Å². The minimum Gasteiger partial charge on any atom is -0.444 e. The lowest BCUT2D eigenvalue weighted by molar-refractivity contribution is 0.0235. The van der Waals surface area contributed by atoms with Crippen LogP contribution < -0.4 is 5.32 Å². The first kappa shape index (κ1) is 18.1. The maximum absolute atomic E-state index is 12.4. The number of nitrogens with zero attached hydrogens (tertiary/aromatic N) is 1. The van der Waals surface area contributed by atoms with E-state index in [2.05, 4.69) is 51.6 Å². The molecule has 0 aromatic heterocycles. The van der Waals surface area contributed by atoms with Crippen molar-refractivity contribution in [1.82, 2.24) is 4.90 Å². The summed E-state index contributed by atoms with van der Waals surface area (Å²) in [7, 11) is 0. The average molecular weight is 405 g/mol. The van der Waals surface area contributed by atoms with Gasteiger partial charge >= 0.3 is 6.09 Å². The molecular weight excluding hydrogens is 380 g/mol. The topological polar surface area (TPSA) is 41.6 Å². The first-order valence-electron chi connectivity index (χ1n) is 8.75. The molecule has 4 nitrogen and oxygen atoms in total. The van der Waals surface area contributed by atoms with Gasteiger partial charge in [0, 0.05) is 23.2 Å². The van der Waals surface area contributed by atoms with Crippen molar-refractivity contribution in [3.05, 3.63) is 40.9 Å². The summed E-state index contributed by atoms with van der Waals surface area (Å²) in [4.78, 5) is 14.2. The zero-order valence-corrected chi connectivity index (χ0v) is 16.6. The van der Waals surface area contributed by atoms with Gasteiger partial charge in [0.05, 0.1) is 6.04 Å². The first-order chi connectivity index (χ1) is 11.8. The molecule has 1 aliphatic rings. The zero-order chi connectivity index (χ0) is 18.0. The van der Waals surface area contributed by atoms with Crippen LogP contribution in [0.4, 0.5) is 10.5 Å². The Morgan fingerprint density at radius 1 is 1.24 bits per heavy atom. The first-order valence-corrected chi connectivity index (χ1v) is 9.54. The molecule has 5 heteroatoms. The third-order valence-electron chi connectivity index (χ3n) is 4.35. The molecule has 0 saturated carbocycles. The summed E-state index contributed by atoms with van der Waals surface area (Å²) in [5.41, 5.74) is 0.621. The predicted molar refractivity (Wildman–Crippen MR) is 106 cm³/mol. The van der Waals surface area contributed by atoms with Crippen LogP contribution >= 0.6 is 15.9 Å². The van der Waals surface area contributed by atoms with Gasteiger partial charge in [-0.3, -0.25) is 0 Å². The lowest BCUT2D eigenvalue weighted by atomic mass is 10.1. The van der Waals surface area contributed by atoms with Crippen LogP contribution in [-0.4, -0.2) is 35.7 Å². The highest BCUT2D eigenvalue weighted by Gasteiger charge is 2.31. The quantitative estimate of drug-likeness (QED) is 0.742. The molecule has 1 atom stereocenters. The van der Waals surface area contributed by atoms with Gasteiger partial charge in [-0.2, -0.15) is 0 Å². The molecule has 1 unspecified atom stereocenters. The second-order valence-electron chi connectivity index (χ2n) is 7.56. The molecule has 0 aliphatic carbocycles. The predicted octanol–water partition coefficient (Wildman–Crippen LogP) is 5.41. The van der Waals surface area contributed by atoms with Crippen molar-refractivity contribution in [3.63, 3.8) is 0 Å². The lowest BCUT2D eigenvalue weighted by Gasteiger charge is -2.29. The fourth-order valence-corrected chi connectivity index (χ4v) is 3.55. The molecule has 1 fully saturated rings. The van der Waals surface area contributed by atoms with Gasteiger partial charge in [-0.05, 0) is 68.7 Å². The summed E-state index contributed by atoms with van der Waals surface area (Å²) in [6.45, 7) is 7.22. The van der Waals surface area contributed by atoms with Gasteiger partial charge in [0.15, 0.2) is 0 Å². The SMILES string of the molecule is CC(C)(C)OC(=O)N1CCCC1CNc1ccc2cc(Br)ccc2c1. The Bertz CT molecular complexity index is 770. The second kappa shape index (κ2) is 7.24. The number of nitrogens with one attached hydrogen (secondary N) is 1. The lowest BCUT2D eigenvalue weighted by Crippen LogP contribution is -2.42. The summed E-state index contributed by atoms with van der Waals surface area (Å²) in [5, 5.41) is 5.88. The largest absolute Gasteiger partial charge is 0.444 e. The van der Waals surface area contributed by atoms with E-state index in [0.717, 1.165) is 36.1 Å². The van der Waals surface area contributed by atoms with E-state index in [1.54, 1.807) is 0 Å². The van der Waals surface area contributed by atoms with Crippen LogP contribution in [0.2, 0.25) is 0 Å². The Hall–Kier alpha value is -1.75. The Morgan fingerprint density at radius 2 is 1.96 bits per heavy atom. The van der Waals surface area contributed by atoms with E-state index >= 15 is 0 Å². The molecule has 2 aromatic rings. The van der Waals surface area contributed by atoms with Crippen molar-refractivity contribution >= 4 is 38.5 Å². The summed E-state index contributed by atoms with van der Waals surface area (Å²) in [5.74, 6) is 0. The van der Waals surface area contributed by atoms with Crippen molar-refractivity contribution in [2.24, 2.45) is 0 Å². The van der Waals surface area contributed by atoms with Crippen LogP contribution in [0, 0.1) is 0 Å². The molecule has 1 heterocycles. The van der Waals surface area contributed by atoms with Crippen LogP contribution in [-0.2, 0) is 4.74 Å². The maximum Gasteiger partial charge on any atom is 0.410 e. The minimum atomic E-state index is -0.454. The zero-order valence-electron chi connectivity index (χ0n) is 15.0. The molecule has 0 radical (unpaired) electrons. The number of amides is 1. The Balaban J connectivity index is 1.64. The average Bonchev–Trinajstić information content (AvgIpc) is 3.00. The number of hydrogen-bond acceptors (Lipinski definition) is 3. The summed E-state index contributed by atoms with van der Waals surface area (Å²) in [6, 6.07) is 12.8. The summed E-state index contributed by atoms with van der Waals surface area (Å²) >= 11 is 3.50. The fourth-order valence-electron chi connectivity index (χ4n) is 3.17. The van der Waals surface area contributed by atoms with Gasteiger partial charge in [0.25, 0.3) is 0 Å². The Morgan fingerprint density at radius 3 is 2.72 bits per heavy atom. The molecule has 25 heavy (non-hydrogen) atoms. The van der Waals surface area contributed by atoms with Crippen LogP contribution in [0.3, 0.4) is 0 Å². The van der Waals surface area contributed by atoms with E-state index < -0.39 is 5.60 Å². The number of rotatable bonds is 3. The van der Waals surface area contributed by atoms with E-state index in [4.69, 9.17) is 4.74 Å². The molecule has 134 valence electrons. The van der Waals surface area contributed by atoms with Crippen LogP contribution in [0.5, 0.6) is 0 Å². The monoisotopic (exact) mass is 404 g/mol. The van der Waals surface area contributed by atoms with Gasteiger partial charge in [0.2, 0.25) is 0 Å². The highest BCUT2D eigenvalue weighted by molar-refractivity contribution is 9.10. The molecule has 1 saturated heterocycles. The van der Waals surface area contributed by atoms with E-state index in [-0.39, 0.29) is 12.1 Å². The van der Waals surface area contributed by atoms with Gasteiger partial charge < -0.3 is 15.0 Å². The Labute approximate surface area is 157 Å². The van der Waals surface area contributed by atoms with Gasteiger partial charge in [-0.25, -0.2) is 4.79 Å². The highest BCUT2D eigenvalue weighted by Crippen LogP contribution is 2.25. The molecule has 2 aromatic carbocycles. The minimum absolute atomic E-state index is 0.176. The normalized spacial score (nSPS) is 17.8. The van der Waals surface area contributed by atoms with Crippen LogP contribution in [0.15, 0.2) is 40.9 Å². The third kappa shape index (κ3) is 4.66. The number of hydrogen-bond donors (Lipinski definition) is 1. The third-order valence-corrected chi connectivity index (χ3v) is 4.84. The van der Waals surface area contributed by atoms with Gasteiger partial charge in [0.1, 0.15) is 5.60 Å². The van der Waals surface area contributed by atoms with Crippen molar-refractivity contribution in [2.75, 3.05) is 18.4 Å². The number of fused-ring (bicyclic) bond motifs is 1. The van der Waals surface area contributed by atoms with Crippen molar-refractivity contribution in [2.45, 2.75) is 45.3 Å². The van der Waals surface area contributed by atoms with Crippen molar-refractivity contribution in [3.8, 4) is 0 Å². The highest BCUT2D eigenvalue weighted by atomic mass is 79.9. The second-order valence-corrected chi connectivity index (χ2v) is 8.47.